The van der Waals surface area contributed by atoms with E-state index in [1.54, 1.807) is 25.4 Å². The van der Waals surface area contributed by atoms with Gasteiger partial charge < -0.3 is 24.8 Å². The number of carbonyl (C=O) groups is 1. The molecule has 0 fully saturated rings. The monoisotopic (exact) mass is 329 g/mol. The zero-order valence-electron chi connectivity index (χ0n) is 13.4. The molecule has 1 aliphatic rings. The van der Waals surface area contributed by atoms with Crippen LogP contribution in [0.5, 0.6) is 11.5 Å². The average molecular weight is 329 g/mol. The number of carbonyl (C=O) groups excluding carboxylic acids is 1. The summed E-state index contributed by atoms with van der Waals surface area (Å²) in [4.78, 5) is 16.5. The van der Waals surface area contributed by atoms with Crippen LogP contribution >= 0.6 is 0 Å². The summed E-state index contributed by atoms with van der Waals surface area (Å²) in [5.41, 5.74) is 1.49. The van der Waals surface area contributed by atoms with Crippen LogP contribution in [0.3, 0.4) is 0 Å². The van der Waals surface area contributed by atoms with Crippen LogP contribution < -0.4 is 20.1 Å². The van der Waals surface area contributed by atoms with Crippen LogP contribution in [0.2, 0.25) is 0 Å². The summed E-state index contributed by atoms with van der Waals surface area (Å²) in [5.74, 6) is 1.91. The number of hydrogen-bond donors (Lipinski definition) is 2. The maximum Gasteiger partial charge on any atom is 0.251 e. The van der Waals surface area contributed by atoms with E-state index in [0.717, 1.165) is 11.3 Å². The summed E-state index contributed by atoms with van der Waals surface area (Å²) < 4.78 is 15.6. The molecule has 1 aromatic carbocycles. The molecule has 24 heavy (non-hydrogen) atoms. The van der Waals surface area contributed by atoms with Crippen molar-refractivity contribution in [3.8, 4) is 11.5 Å². The van der Waals surface area contributed by atoms with Crippen LogP contribution in [0.25, 0.3) is 0 Å². The molecular formula is C17H19N3O4. The number of nitrogens with one attached hydrogen (secondary N) is 2. The highest BCUT2D eigenvalue weighted by Crippen LogP contribution is 2.32. The lowest BCUT2D eigenvalue weighted by Crippen LogP contribution is -2.23. The van der Waals surface area contributed by atoms with E-state index in [0.29, 0.717) is 36.8 Å². The fourth-order valence-corrected chi connectivity index (χ4v) is 2.28. The van der Waals surface area contributed by atoms with E-state index in [1.807, 2.05) is 18.2 Å². The summed E-state index contributed by atoms with van der Waals surface area (Å²) in [5, 5.41) is 5.98. The number of amides is 1. The predicted octanol–water partition coefficient (Wildman–Crippen LogP) is 1.80. The quantitative estimate of drug-likeness (QED) is 0.754. The van der Waals surface area contributed by atoms with Crippen molar-refractivity contribution in [3.05, 3.63) is 47.7 Å². The van der Waals surface area contributed by atoms with Gasteiger partial charge in [0.15, 0.2) is 11.5 Å². The molecule has 0 spiro atoms. The summed E-state index contributed by atoms with van der Waals surface area (Å²) in [6.45, 7) is 1.85. The van der Waals surface area contributed by atoms with Gasteiger partial charge >= 0.3 is 0 Å². The fourth-order valence-electron chi connectivity index (χ4n) is 2.28. The number of anilines is 1. The van der Waals surface area contributed by atoms with Gasteiger partial charge in [-0.25, -0.2) is 4.98 Å². The molecule has 1 aromatic heterocycles. The highest BCUT2D eigenvalue weighted by atomic mass is 16.7. The number of ether oxygens (including phenoxy) is 3. The first kappa shape index (κ1) is 16.1. The first-order chi connectivity index (χ1) is 11.8. The number of rotatable bonds is 7. The van der Waals surface area contributed by atoms with Crippen molar-refractivity contribution < 1.29 is 19.0 Å². The standard InChI is InChI=1S/C17H19N3O4/c1-22-7-6-19-16-9-13(4-5-18-16)17(21)20-10-12-2-3-14-15(8-12)24-11-23-14/h2-5,8-9H,6-7,10-11H2,1H3,(H,18,19)(H,20,21). The molecule has 1 amide bonds. The number of fused-ring (bicyclic) bond motifs is 1. The minimum absolute atomic E-state index is 0.162. The van der Waals surface area contributed by atoms with E-state index in [9.17, 15) is 4.79 Å². The largest absolute Gasteiger partial charge is 0.454 e. The van der Waals surface area contributed by atoms with Crippen LogP contribution in [-0.4, -0.2) is 37.9 Å². The van der Waals surface area contributed by atoms with Crippen LogP contribution in [0.1, 0.15) is 15.9 Å². The third-order valence-corrected chi connectivity index (χ3v) is 3.52. The molecule has 0 atom stereocenters. The van der Waals surface area contributed by atoms with Gasteiger partial charge in [-0.05, 0) is 29.8 Å². The number of benzene rings is 1. The molecule has 2 aromatic rings. The minimum Gasteiger partial charge on any atom is -0.454 e. The molecule has 0 aliphatic carbocycles. The van der Waals surface area contributed by atoms with Crippen LogP contribution in [-0.2, 0) is 11.3 Å². The van der Waals surface area contributed by atoms with Gasteiger partial charge in [-0.3, -0.25) is 4.79 Å². The zero-order valence-corrected chi connectivity index (χ0v) is 13.4. The molecule has 2 N–H and O–H groups in total. The first-order valence-electron chi connectivity index (χ1n) is 7.62. The molecule has 0 saturated carbocycles. The highest BCUT2D eigenvalue weighted by Gasteiger charge is 2.13. The molecule has 0 saturated heterocycles. The summed E-state index contributed by atoms with van der Waals surface area (Å²) in [7, 11) is 1.63. The van der Waals surface area contributed by atoms with Gasteiger partial charge in [-0.1, -0.05) is 6.07 Å². The van der Waals surface area contributed by atoms with Gasteiger partial charge in [0.2, 0.25) is 6.79 Å². The lowest BCUT2D eigenvalue weighted by Gasteiger charge is -2.08. The molecule has 0 unspecified atom stereocenters. The van der Waals surface area contributed by atoms with Gasteiger partial charge in [-0.15, -0.1) is 0 Å². The third kappa shape index (κ3) is 3.94. The summed E-state index contributed by atoms with van der Waals surface area (Å²) in [6, 6.07) is 9.00. The Morgan fingerprint density at radius 3 is 3.00 bits per heavy atom. The highest BCUT2D eigenvalue weighted by molar-refractivity contribution is 5.94. The molecular weight excluding hydrogens is 310 g/mol. The van der Waals surface area contributed by atoms with Gasteiger partial charge in [0.1, 0.15) is 5.82 Å². The molecule has 3 rings (SSSR count). The molecule has 1 aliphatic heterocycles. The second kappa shape index (κ2) is 7.65. The van der Waals surface area contributed by atoms with Crippen molar-refractivity contribution >= 4 is 11.7 Å². The number of methoxy groups -OCH3 is 1. The maximum absolute atomic E-state index is 12.3. The Kier molecular flexibility index (Phi) is 5.12. The number of aromatic nitrogens is 1. The lowest BCUT2D eigenvalue weighted by atomic mass is 10.2. The SMILES string of the molecule is COCCNc1cc(C(=O)NCc2ccc3c(c2)OCO3)ccn1. The van der Waals surface area contributed by atoms with Gasteiger partial charge in [-0.2, -0.15) is 0 Å². The molecule has 2 heterocycles. The van der Waals surface area contributed by atoms with Gasteiger partial charge in [0.25, 0.3) is 5.91 Å². The maximum atomic E-state index is 12.3. The van der Waals surface area contributed by atoms with Crippen molar-refractivity contribution in [2.75, 3.05) is 32.4 Å². The van der Waals surface area contributed by atoms with Gasteiger partial charge in [0, 0.05) is 32.0 Å². The number of pyridine rings is 1. The van der Waals surface area contributed by atoms with Crippen molar-refractivity contribution in [1.82, 2.24) is 10.3 Å². The van der Waals surface area contributed by atoms with Crippen molar-refractivity contribution in [3.63, 3.8) is 0 Å². The first-order valence-corrected chi connectivity index (χ1v) is 7.62. The van der Waals surface area contributed by atoms with E-state index < -0.39 is 0 Å². The Morgan fingerprint density at radius 2 is 2.12 bits per heavy atom. The summed E-state index contributed by atoms with van der Waals surface area (Å²) in [6.07, 6.45) is 1.60. The van der Waals surface area contributed by atoms with Crippen molar-refractivity contribution in [1.29, 1.82) is 0 Å². The number of hydrogen-bond acceptors (Lipinski definition) is 6. The van der Waals surface area contributed by atoms with Crippen LogP contribution in [0.15, 0.2) is 36.5 Å². The van der Waals surface area contributed by atoms with E-state index in [1.165, 1.54) is 0 Å². The Morgan fingerprint density at radius 1 is 1.25 bits per heavy atom. The lowest BCUT2D eigenvalue weighted by molar-refractivity contribution is 0.0950. The fraction of sp³-hybridized carbons (Fsp3) is 0.294. The predicted molar refractivity (Wildman–Crippen MR) is 88.3 cm³/mol. The topological polar surface area (TPSA) is 81.7 Å². The molecule has 7 nitrogen and oxygen atoms in total. The van der Waals surface area contributed by atoms with E-state index in [4.69, 9.17) is 14.2 Å². The molecule has 0 bridgehead atoms. The van der Waals surface area contributed by atoms with Gasteiger partial charge in [0.05, 0.1) is 6.61 Å². The Labute approximate surface area is 139 Å². The van der Waals surface area contributed by atoms with E-state index >= 15 is 0 Å². The second-order valence-corrected chi connectivity index (χ2v) is 5.22. The smallest absolute Gasteiger partial charge is 0.251 e. The Bertz CT molecular complexity index is 721. The Balaban J connectivity index is 1.57. The normalized spacial score (nSPS) is 12.0. The average Bonchev–Trinajstić information content (AvgIpc) is 3.08. The minimum atomic E-state index is -0.162. The van der Waals surface area contributed by atoms with Crippen LogP contribution in [0.4, 0.5) is 5.82 Å². The van der Waals surface area contributed by atoms with Crippen molar-refractivity contribution in [2.45, 2.75) is 6.54 Å². The van der Waals surface area contributed by atoms with Crippen molar-refractivity contribution in [2.24, 2.45) is 0 Å². The zero-order chi connectivity index (χ0) is 16.8. The molecule has 7 heteroatoms. The van der Waals surface area contributed by atoms with Crippen LogP contribution in [0, 0.1) is 0 Å². The second-order valence-electron chi connectivity index (χ2n) is 5.22. The Hall–Kier alpha value is -2.80. The number of nitrogens with zero attached hydrogens (tertiary/aromatic N) is 1. The third-order valence-electron chi connectivity index (χ3n) is 3.52. The van der Waals surface area contributed by atoms with E-state index in [2.05, 4.69) is 15.6 Å². The molecule has 126 valence electrons. The summed E-state index contributed by atoms with van der Waals surface area (Å²) >= 11 is 0. The molecule has 0 radical (unpaired) electrons. The van der Waals surface area contributed by atoms with E-state index in [-0.39, 0.29) is 12.7 Å².